The molecular formula is C14H15ClN2O4. The van der Waals surface area contributed by atoms with Gasteiger partial charge >= 0.3 is 12.0 Å². The molecule has 2 amide bonds. The number of morpholine rings is 1. The standard InChI is InChI=1S/C14H15ClN2O4/c15-9-3-8(13(18)19)4-10(5-9)16-14(20)17-6-11-1-2-12(7-17)21-11/h3-5,11-12H,1-2,6-7H2,(H,16,20)(H,18,19). The Morgan fingerprint density at radius 1 is 1.24 bits per heavy atom. The molecule has 0 aliphatic carbocycles. The summed E-state index contributed by atoms with van der Waals surface area (Å²) in [5.74, 6) is -1.09. The second-order valence-electron chi connectivity index (χ2n) is 5.33. The molecule has 2 unspecified atom stereocenters. The van der Waals surface area contributed by atoms with Gasteiger partial charge in [-0.2, -0.15) is 0 Å². The largest absolute Gasteiger partial charge is 0.478 e. The van der Waals surface area contributed by atoms with Crippen molar-refractivity contribution >= 4 is 29.3 Å². The Morgan fingerprint density at radius 2 is 1.90 bits per heavy atom. The van der Waals surface area contributed by atoms with E-state index in [-0.39, 0.29) is 28.8 Å². The Bertz CT molecular complexity index is 580. The average molecular weight is 311 g/mol. The number of ether oxygens (including phenoxy) is 1. The zero-order valence-electron chi connectivity index (χ0n) is 11.2. The molecule has 2 saturated heterocycles. The number of carbonyl (C=O) groups excluding carboxylic acids is 1. The summed E-state index contributed by atoms with van der Waals surface area (Å²) >= 11 is 5.87. The van der Waals surface area contributed by atoms with Crippen LogP contribution in [-0.4, -0.2) is 47.3 Å². The van der Waals surface area contributed by atoms with Gasteiger partial charge in [0.05, 0.1) is 17.8 Å². The van der Waals surface area contributed by atoms with Crippen molar-refractivity contribution < 1.29 is 19.4 Å². The number of hydrogen-bond acceptors (Lipinski definition) is 3. The molecule has 3 rings (SSSR count). The van der Waals surface area contributed by atoms with Crippen molar-refractivity contribution in [3.05, 3.63) is 28.8 Å². The fourth-order valence-electron chi connectivity index (χ4n) is 2.77. The third kappa shape index (κ3) is 3.11. The highest BCUT2D eigenvalue weighted by Crippen LogP contribution is 2.27. The first-order valence-corrected chi connectivity index (χ1v) is 7.14. The van der Waals surface area contributed by atoms with Crippen LogP contribution in [0.15, 0.2) is 18.2 Å². The lowest BCUT2D eigenvalue weighted by Crippen LogP contribution is -2.47. The summed E-state index contributed by atoms with van der Waals surface area (Å²) in [5.41, 5.74) is 0.420. The van der Waals surface area contributed by atoms with E-state index in [1.807, 2.05) is 0 Å². The Labute approximate surface area is 126 Å². The van der Waals surface area contributed by atoms with Gasteiger partial charge in [0.2, 0.25) is 0 Å². The van der Waals surface area contributed by atoms with Crippen LogP contribution in [0.2, 0.25) is 5.02 Å². The number of halogens is 1. The Kier molecular flexibility index (Phi) is 3.73. The summed E-state index contributed by atoms with van der Waals surface area (Å²) in [6, 6.07) is 4.00. The van der Waals surface area contributed by atoms with E-state index >= 15 is 0 Å². The maximum absolute atomic E-state index is 12.2. The summed E-state index contributed by atoms with van der Waals surface area (Å²) in [6.45, 7) is 1.13. The lowest BCUT2D eigenvalue weighted by atomic mass is 10.2. The first-order chi connectivity index (χ1) is 10.0. The summed E-state index contributed by atoms with van der Waals surface area (Å²) < 4.78 is 5.68. The van der Waals surface area contributed by atoms with E-state index in [4.69, 9.17) is 21.4 Å². The zero-order chi connectivity index (χ0) is 15.0. The number of anilines is 1. The van der Waals surface area contributed by atoms with E-state index in [9.17, 15) is 9.59 Å². The fourth-order valence-corrected chi connectivity index (χ4v) is 3.00. The Morgan fingerprint density at radius 3 is 2.52 bits per heavy atom. The molecule has 112 valence electrons. The maximum atomic E-state index is 12.2. The minimum atomic E-state index is -1.09. The van der Waals surface area contributed by atoms with Crippen molar-refractivity contribution in [1.82, 2.24) is 4.90 Å². The smallest absolute Gasteiger partial charge is 0.335 e. The number of fused-ring (bicyclic) bond motifs is 2. The van der Waals surface area contributed by atoms with Gasteiger partial charge in [-0.15, -0.1) is 0 Å². The first kappa shape index (κ1) is 14.2. The minimum absolute atomic E-state index is 0.0415. The number of urea groups is 1. The van der Waals surface area contributed by atoms with Crippen LogP contribution < -0.4 is 5.32 Å². The van der Waals surface area contributed by atoms with Crippen molar-refractivity contribution in [3.8, 4) is 0 Å². The monoisotopic (exact) mass is 310 g/mol. The second-order valence-corrected chi connectivity index (χ2v) is 5.76. The number of likely N-dealkylation sites (tertiary alicyclic amines) is 1. The van der Waals surface area contributed by atoms with Gasteiger partial charge in [0.25, 0.3) is 0 Å². The van der Waals surface area contributed by atoms with Crippen LogP contribution in [0.1, 0.15) is 23.2 Å². The molecule has 2 fully saturated rings. The molecular weight excluding hydrogens is 296 g/mol. The molecule has 21 heavy (non-hydrogen) atoms. The molecule has 0 radical (unpaired) electrons. The zero-order valence-corrected chi connectivity index (χ0v) is 12.0. The number of carbonyl (C=O) groups is 2. The normalized spacial score (nSPS) is 24.0. The minimum Gasteiger partial charge on any atom is -0.478 e. The van der Waals surface area contributed by atoms with Gasteiger partial charge in [-0.3, -0.25) is 0 Å². The highest BCUT2D eigenvalue weighted by molar-refractivity contribution is 6.31. The van der Waals surface area contributed by atoms with Gasteiger partial charge in [0.1, 0.15) is 0 Å². The molecule has 0 saturated carbocycles. The van der Waals surface area contributed by atoms with Gasteiger partial charge in [0, 0.05) is 23.8 Å². The Hall–Kier alpha value is -1.79. The highest BCUT2D eigenvalue weighted by Gasteiger charge is 2.35. The van der Waals surface area contributed by atoms with Crippen LogP contribution in [-0.2, 0) is 4.74 Å². The van der Waals surface area contributed by atoms with Crippen molar-refractivity contribution in [2.75, 3.05) is 18.4 Å². The third-order valence-corrected chi connectivity index (χ3v) is 3.94. The number of aromatic carboxylic acids is 1. The predicted molar refractivity (Wildman–Crippen MR) is 76.9 cm³/mol. The molecule has 6 nitrogen and oxygen atoms in total. The number of benzene rings is 1. The summed E-state index contributed by atoms with van der Waals surface area (Å²) in [6.07, 6.45) is 2.19. The average Bonchev–Trinajstić information content (AvgIpc) is 2.76. The van der Waals surface area contributed by atoms with Gasteiger partial charge in [0.15, 0.2) is 0 Å². The molecule has 7 heteroatoms. The van der Waals surface area contributed by atoms with Crippen molar-refractivity contribution in [2.45, 2.75) is 25.0 Å². The lowest BCUT2D eigenvalue weighted by Gasteiger charge is -2.32. The van der Waals surface area contributed by atoms with E-state index in [1.165, 1.54) is 18.2 Å². The number of nitrogens with zero attached hydrogens (tertiary/aromatic N) is 1. The first-order valence-electron chi connectivity index (χ1n) is 6.76. The molecule has 0 aromatic heterocycles. The van der Waals surface area contributed by atoms with E-state index in [0.29, 0.717) is 18.8 Å². The molecule has 2 aliphatic heterocycles. The Balaban J connectivity index is 1.71. The van der Waals surface area contributed by atoms with Crippen molar-refractivity contribution in [2.24, 2.45) is 0 Å². The molecule has 2 atom stereocenters. The molecule has 1 aromatic carbocycles. The number of rotatable bonds is 2. The van der Waals surface area contributed by atoms with Gasteiger partial charge in [-0.25, -0.2) is 9.59 Å². The maximum Gasteiger partial charge on any atom is 0.335 e. The molecule has 1 aromatic rings. The van der Waals surface area contributed by atoms with Crippen LogP contribution in [0.3, 0.4) is 0 Å². The SMILES string of the molecule is O=C(O)c1cc(Cl)cc(NC(=O)N2CC3CCC(C2)O3)c1. The summed E-state index contributed by atoms with van der Waals surface area (Å²) in [5, 5.41) is 12.0. The number of nitrogens with one attached hydrogen (secondary N) is 1. The molecule has 2 aliphatic rings. The number of carboxylic acid groups (broad SMARTS) is 1. The highest BCUT2D eigenvalue weighted by atomic mass is 35.5. The van der Waals surface area contributed by atoms with E-state index < -0.39 is 5.97 Å². The van der Waals surface area contributed by atoms with Gasteiger partial charge in [-0.05, 0) is 31.0 Å². The quantitative estimate of drug-likeness (QED) is 0.879. The topological polar surface area (TPSA) is 78.9 Å². The van der Waals surface area contributed by atoms with Crippen LogP contribution in [0, 0.1) is 0 Å². The van der Waals surface area contributed by atoms with Crippen LogP contribution >= 0.6 is 11.6 Å². The van der Waals surface area contributed by atoms with E-state index in [0.717, 1.165) is 12.8 Å². The van der Waals surface area contributed by atoms with Crippen molar-refractivity contribution in [1.29, 1.82) is 0 Å². The molecule has 2 N–H and O–H groups in total. The predicted octanol–water partition coefficient (Wildman–Crippen LogP) is 2.43. The number of carboxylic acids is 1. The second kappa shape index (κ2) is 5.54. The van der Waals surface area contributed by atoms with Crippen LogP contribution in [0.4, 0.5) is 10.5 Å². The molecule has 2 heterocycles. The summed E-state index contributed by atoms with van der Waals surface area (Å²) in [4.78, 5) is 24.9. The van der Waals surface area contributed by atoms with Crippen LogP contribution in [0.25, 0.3) is 0 Å². The lowest BCUT2D eigenvalue weighted by molar-refractivity contribution is -0.0219. The van der Waals surface area contributed by atoms with Gasteiger partial charge < -0.3 is 20.1 Å². The fraction of sp³-hybridized carbons (Fsp3) is 0.429. The third-order valence-electron chi connectivity index (χ3n) is 3.73. The van der Waals surface area contributed by atoms with E-state index in [1.54, 1.807) is 4.90 Å². The van der Waals surface area contributed by atoms with E-state index in [2.05, 4.69) is 5.32 Å². The number of amides is 2. The summed E-state index contributed by atoms with van der Waals surface area (Å²) in [7, 11) is 0. The van der Waals surface area contributed by atoms with Crippen molar-refractivity contribution in [3.63, 3.8) is 0 Å². The van der Waals surface area contributed by atoms with Crippen LogP contribution in [0.5, 0.6) is 0 Å². The number of hydrogen-bond donors (Lipinski definition) is 2. The molecule has 2 bridgehead atoms. The van der Waals surface area contributed by atoms with Gasteiger partial charge in [-0.1, -0.05) is 11.6 Å². The molecule has 0 spiro atoms.